The number of nitrogens with one attached hydrogen (secondary N) is 4. The van der Waals surface area contributed by atoms with Gasteiger partial charge in [-0.2, -0.15) is 0 Å². The zero-order chi connectivity index (χ0) is 21.6. The Bertz CT molecular complexity index is 724. The number of anilines is 1. The van der Waals surface area contributed by atoms with Crippen LogP contribution in [-0.4, -0.2) is 32.7 Å². The monoisotopic (exact) mass is 399 g/mol. The minimum absolute atomic E-state index is 0.149. The number of carbonyl (C=O) groups is 1. The molecule has 0 spiro atoms. The largest absolute Gasteiger partial charge is 0.392 e. The summed E-state index contributed by atoms with van der Waals surface area (Å²) in [6.07, 6.45) is 9.70. The summed E-state index contributed by atoms with van der Waals surface area (Å²) < 4.78 is 0. The second-order valence-corrected chi connectivity index (χ2v) is 6.79. The van der Waals surface area contributed by atoms with E-state index in [0.717, 1.165) is 30.8 Å². The van der Waals surface area contributed by atoms with Gasteiger partial charge in [-0.15, -0.1) is 0 Å². The Morgan fingerprint density at radius 3 is 2.59 bits per heavy atom. The lowest BCUT2D eigenvalue weighted by Crippen LogP contribution is -2.47. The third-order valence-corrected chi connectivity index (χ3v) is 4.39. The van der Waals surface area contributed by atoms with Gasteiger partial charge in [0.05, 0.1) is 5.70 Å². The number of hydrogen-bond acceptors (Lipinski definition) is 5. The Morgan fingerprint density at radius 2 is 2.00 bits per heavy atom. The van der Waals surface area contributed by atoms with Crippen LogP contribution in [-0.2, 0) is 0 Å². The quantitative estimate of drug-likeness (QED) is 0.404. The van der Waals surface area contributed by atoms with Crippen LogP contribution in [0.1, 0.15) is 50.9 Å². The molecule has 0 saturated carbocycles. The third kappa shape index (κ3) is 8.13. The number of allylic oxidation sites excluding steroid dienone is 2. The fourth-order valence-electron chi connectivity index (χ4n) is 2.71. The predicted octanol–water partition coefficient (Wildman–Crippen LogP) is 3.68. The minimum Gasteiger partial charge on any atom is -0.392 e. The standard InChI is InChI=1S/C23H37N5O/c1-7-13-26-22(25-6)21(16-24-5)27-23(29)19-11-10-12-20(15-19)28(14-8-2)17-18(4)9-3/h8,10-12,14-17,22,24-26H,7,9,13H2,1-6H3,(H,27,29)/b14-8-,18-17+,21-16+. The van der Waals surface area contributed by atoms with Crippen LogP contribution in [0.25, 0.3) is 0 Å². The molecule has 0 fully saturated rings. The van der Waals surface area contributed by atoms with E-state index in [4.69, 9.17) is 0 Å². The number of nitrogens with zero attached hydrogens (tertiary/aromatic N) is 1. The van der Waals surface area contributed by atoms with E-state index in [0.29, 0.717) is 5.56 Å². The lowest BCUT2D eigenvalue weighted by atomic mass is 10.1. The molecule has 0 aliphatic rings. The van der Waals surface area contributed by atoms with E-state index in [1.165, 1.54) is 5.57 Å². The second-order valence-electron chi connectivity index (χ2n) is 6.79. The molecule has 0 saturated heterocycles. The zero-order valence-corrected chi connectivity index (χ0v) is 18.7. The van der Waals surface area contributed by atoms with Crippen molar-refractivity contribution in [3.63, 3.8) is 0 Å². The molecule has 0 heterocycles. The van der Waals surface area contributed by atoms with Crippen molar-refractivity contribution in [2.45, 2.75) is 46.7 Å². The van der Waals surface area contributed by atoms with Crippen LogP contribution < -0.4 is 26.2 Å². The van der Waals surface area contributed by atoms with E-state index in [9.17, 15) is 4.79 Å². The summed E-state index contributed by atoms with van der Waals surface area (Å²) in [6.45, 7) is 9.16. The Kier molecular flexibility index (Phi) is 11.5. The maximum atomic E-state index is 12.9. The lowest BCUT2D eigenvalue weighted by Gasteiger charge is -2.22. The summed E-state index contributed by atoms with van der Waals surface area (Å²) >= 11 is 0. The van der Waals surface area contributed by atoms with Crippen molar-refractivity contribution in [1.82, 2.24) is 21.3 Å². The van der Waals surface area contributed by atoms with Crippen LogP contribution in [0.4, 0.5) is 5.69 Å². The van der Waals surface area contributed by atoms with Crippen molar-refractivity contribution in [3.05, 3.63) is 65.8 Å². The Balaban J connectivity index is 3.09. The zero-order valence-electron chi connectivity index (χ0n) is 18.7. The highest BCUT2D eigenvalue weighted by molar-refractivity contribution is 5.96. The van der Waals surface area contributed by atoms with E-state index in [1.54, 1.807) is 6.20 Å². The van der Waals surface area contributed by atoms with Gasteiger partial charge in [0, 0.05) is 36.9 Å². The topological polar surface area (TPSA) is 68.4 Å². The van der Waals surface area contributed by atoms with Gasteiger partial charge < -0.3 is 15.5 Å². The summed E-state index contributed by atoms with van der Waals surface area (Å²) in [5.41, 5.74) is 3.55. The molecule has 160 valence electrons. The highest BCUT2D eigenvalue weighted by Crippen LogP contribution is 2.19. The van der Waals surface area contributed by atoms with Gasteiger partial charge in [0.25, 0.3) is 5.91 Å². The molecule has 4 N–H and O–H groups in total. The van der Waals surface area contributed by atoms with Crippen molar-refractivity contribution in [3.8, 4) is 0 Å². The summed E-state index contributed by atoms with van der Waals surface area (Å²) in [7, 11) is 3.68. The molecule has 0 aromatic heterocycles. The Labute approximate surface area is 176 Å². The van der Waals surface area contributed by atoms with Gasteiger partial charge in [-0.3, -0.25) is 15.4 Å². The molecule has 1 rings (SSSR count). The number of amides is 1. The number of hydrogen-bond donors (Lipinski definition) is 4. The average Bonchev–Trinajstić information content (AvgIpc) is 2.73. The summed E-state index contributed by atoms with van der Waals surface area (Å²) in [5.74, 6) is -0.150. The SMILES string of the molecule is C/C=C\N(/C=C(\C)CC)c1cccc(C(=O)N/C(=C/NC)C(NC)NCCC)c1. The van der Waals surface area contributed by atoms with Gasteiger partial charge >= 0.3 is 0 Å². The first-order valence-electron chi connectivity index (χ1n) is 10.3. The van der Waals surface area contributed by atoms with Crippen molar-refractivity contribution in [2.75, 3.05) is 25.5 Å². The van der Waals surface area contributed by atoms with Crippen LogP contribution in [0.2, 0.25) is 0 Å². The van der Waals surface area contributed by atoms with E-state index in [2.05, 4.69) is 48.2 Å². The maximum absolute atomic E-state index is 12.9. The summed E-state index contributed by atoms with van der Waals surface area (Å²) in [5, 5.41) is 12.6. The van der Waals surface area contributed by atoms with Crippen LogP contribution in [0.5, 0.6) is 0 Å². The Morgan fingerprint density at radius 1 is 1.24 bits per heavy atom. The van der Waals surface area contributed by atoms with Gasteiger partial charge in [0.2, 0.25) is 0 Å². The van der Waals surface area contributed by atoms with Crippen LogP contribution >= 0.6 is 0 Å². The first kappa shape index (κ1) is 24.5. The molecule has 0 aliphatic heterocycles. The minimum atomic E-state index is -0.150. The second kappa shape index (κ2) is 13.6. The van der Waals surface area contributed by atoms with Crippen LogP contribution in [0.3, 0.4) is 0 Å². The highest BCUT2D eigenvalue weighted by atomic mass is 16.1. The number of carbonyl (C=O) groups excluding carboxylic acids is 1. The molecule has 1 aromatic rings. The van der Waals surface area contributed by atoms with Crippen LogP contribution in [0, 0.1) is 0 Å². The fourth-order valence-corrected chi connectivity index (χ4v) is 2.71. The predicted molar refractivity (Wildman–Crippen MR) is 124 cm³/mol. The first-order chi connectivity index (χ1) is 14.0. The van der Waals surface area contributed by atoms with Crippen molar-refractivity contribution >= 4 is 11.6 Å². The molecule has 1 amide bonds. The van der Waals surface area contributed by atoms with E-state index < -0.39 is 0 Å². The first-order valence-corrected chi connectivity index (χ1v) is 10.3. The molecule has 6 heteroatoms. The average molecular weight is 400 g/mol. The molecular weight excluding hydrogens is 362 g/mol. The molecule has 0 bridgehead atoms. The lowest BCUT2D eigenvalue weighted by molar-refractivity contribution is 0.0961. The molecular formula is C23H37N5O. The van der Waals surface area contributed by atoms with Gasteiger partial charge in [-0.05, 0) is 58.5 Å². The third-order valence-electron chi connectivity index (χ3n) is 4.39. The normalized spacial score (nSPS) is 13.4. The maximum Gasteiger partial charge on any atom is 0.255 e. The van der Waals surface area contributed by atoms with Gasteiger partial charge in [-0.1, -0.05) is 31.6 Å². The molecule has 6 nitrogen and oxygen atoms in total. The van der Waals surface area contributed by atoms with E-state index in [-0.39, 0.29) is 12.1 Å². The number of benzene rings is 1. The van der Waals surface area contributed by atoms with E-state index in [1.807, 2.05) is 62.5 Å². The fraction of sp³-hybridized carbons (Fsp3) is 0.435. The smallest absolute Gasteiger partial charge is 0.255 e. The van der Waals surface area contributed by atoms with E-state index >= 15 is 0 Å². The van der Waals surface area contributed by atoms with Gasteiger partial charge in [-0.25, -0.2) is 0 Å². The molecule has 1 unspecified atom stereocenters. The number of likely N-dealkylation sites (N-methyl/N-ethyl adjacent to an activating group) is 1. The number of rotatable bonds is 12. The van der Waals surface area contributed by atoms with Crippen molar-refractivity contribution in [1.29, 1.82) is 0 Å². The van der Waals surface area contributed by atoms with Crippen molar-refractivity contribution < 1.29 is 4.79 Å². The summed E-state index contributed by atoms with van der Waals surface area (Å²) in [6, 6.07) is 7.63. The Hall–Kier alpha value is -2.57. The highest BCUT2D eigenvalue weighted by Gasteiger charge is 2.16. The van der Waals surface area contributed by atoms with Gasteiger partial charge in [0.1, 0.15) is 6.17 Å². The molecule has 29 heavy (non-hydrogen) atoms. The summed E-state index contributed by atoms with van der Waals surface area (Å²) in [4.78, 5) is 15.0. The molecule has 1 atom stereocenters. The molecule has 1 aromatic carbocycles. The molecule has 0 radical (unpaired) electrons. The van der Waals surface area contributed by atoms with Crippen LogP contribution in [0.15, 0.2) is 60.2 Å². The van der Waals surface area contributed by atoms with Crippen molar-refractivity contribution in [2.24, 2.45) is 0 Å². The molecule has 0 aliphatic carbocycles. The van der Waals surface area contributed by atoms with Gasteiger partial charge in [0.15, 0.2) is 0 Å².